The molecule has 1 fully saturated rings. The number of aromatic nitrogens is 2. The highest BCUT2D eigenvalue weighted by Gasteiger charge is 2.22. The van der Waals surface area contributed by atoms with Crippen LogP contribution in [0, 0.1) is 11.3 Å². The topological polar surface area (TPSA) is 64.8 Å². The fraction of sp³-hybridized carbons (Fsp3) is 0.450. The van der Waals surface area contributed by atoms with Crippen LogP contribution in [0.2, 0.25) is 0 Å². The maximum Gasteiger partial charge on any atom is 0.229 e. The first-order valence-electron chi connectivity index (χ1n) is 9.11. The van der Waals surface area contributed by atoms with Gasteiger partial charge in [-0.1, -0.05) is 19.4 Å². The molecule has 5 heteroatoms. The number of anilines is 3. The van der Waals surface area contributed by atoms with E-state index < -0.39 is 0 Å². The second-order valence-electron chi connectivity index (χ2n) is 6.65. The van der Waals surface area contributed by atoms with Crippen molar-refractivity contribution in [1.82, 2.24) is 9.97 Å². The zero-order valence-corrected chi connectivity index (χ0v) is 15.0. The van der Waals surface area contributed by atoms with Gasteiger partial charge >= 0.3 is 0 Å². The van der Waals surface area contributed by atoms with E-state index in [0.29, 0.717) is 17.6 Å². The van der Waals surface area contributed by atoms with Crippen molar-refractivity contribution in [3.63, 3.8) is 0 Å². The minimum atomic E-state index is 0.517. The number of nitrogens with one attached hydrogen (secondary N) is 1. The molecule has 0 radical (unpaired) electrons. The molecule has 130 valence electrons. The summed E-state index contributed by atoms with van der Waals surface area (Å²) in [5, 5.41) is 12.3. The van der Waals surface area contributed by atoms with E-state index in [-0.39, 0.29) is 0 Å². The molecular formula is C20H25N5. The van der Waals surface area contributed by atoms with E-state index >= 15 is 0 Å². The van der Waals surface area contributed by atoms with E-state index in [9.17, 15) is 0 Å². The molecule has 1 atom stereocenters. The first-order chi connectivity index (χ1) is 12.2. The Morgan fingerprint density at radius 1 is 1.32 bits per heavy atom. The lowest BCUT2D eigenvalue weighted by Crippen LogP contribution is -2.27. The average Bonchev–Trinajstić information content (AvgIpc) is 3.06. The maximum atomic E-state index is 9.07. The highest BCUT2D eigenvalue weighted by molar-refractivity contribution is 5.58. The first kappa shape index (κ1) is 17.2. The van der Waals surface area contributed by atoms with Gasteiger partial charge in [0.25, 0.3) is 0 Å². The molecule has 1 N–H and O–H groups in total. The molecule has 0 bridgehead atoms. The summed E-state index contributed by atoms with van der Waals surface area (Å²) in [7, 11) is 0. The molecule has 0 amide bonds. The van der Waals surface area contributed by atoms with Crippen LogP contribution >= 0.6 is 0 Å². The Morgan fingerprint density at radius 2 is 2.20 bits per heavy atom. The Kier molecular flexibility index (Phi) is 5.49. The van der Waals surface area contributed by atoms with Crippen molar-refractivity contribution in [2.24, 2.45) is 0 Å². The van der Waals surface area contributed by atoms with Gasteiger partial charge in [-0.05, 0) is 50.8 Å². The van der Waals surface area contributed by atoms with E-state index in [1.54, 1.807) is 6.07 Å². The van der Waals surface area contributed by atoms with Gasteiger partial charge in [0.1, 0.15) is 5.82 Å². The second kappa shape index (κ2) is 7.98. The summed E-state index contributed by atoms with van der Waals surface area (Å²) in [6, 6.07) is 12.2. The minimum Gasteiger partial charge on any atom is -0.354 e. The van der Waals surface area contributed by atoms with Gasteiger partial charge in [0.15, 0.2) is 0 Å². The van der Waals surface area contributed by atoms with E-state index in [0.717, 1.165) is 43.0 Å². The van der Waals surface area contributed by atoms with Crippen LogP contribution in [-0.4, -0.2) is 22.6 Å². The molecule has 3 rings (SSSR count). The van der Waals surface area contributed by atoms with Crippen LogP contribution in [-0.2, 0) is 6.42 Å². The molecule has 1 aliphatic heterocycles. The zero-order valence-electron chi connectivity index (χ0n) is 15.0. The maximum absolute atomic E-state index is 9.07. The molecule has 25 heavy (non-hydrogen) atoms. The number of aryl methyl sites for hydroxylation is 1. The van der Waals surface area contributed by atoms with E-state index in [4.69, 9.17) is 10.2 Å². The number of rotatable bonds is 6. The molecular weight excluding hydrogens is 310 g/mol. The minimum absolute atomic E-state index is 0.517. The predicted molar refractivity (Wildman–Crippen MR) is 101 cm³/mol. The summed E-state index contributed by atoms with van der Waals surface area (Å²) in [6.07, 6.45) is 5.65. The molecule has 0 aliphatic carbocycles. The molecule has 2 heterocycles. The number of hydrogen-bond donors (Lipinski definition) is 1. The van der Waals surface area contributed by atoms with Crippen molar-refractivity contribution in [2.75, 3.05) is 16.8 Å². The molecule has 0 unspecified atom stereocenters. The smallest absolute Gasteiger partial charge is 0.229 e. The Balaban J connectivity index is 1.89. The molecule has 1 saturated heterocycles. The largest absolute Gasteiger partial charge is 0.354 e. The molecule has 2 aromatic rings. The average molecular weight is 335 g/mol. The third-order valence-electron chi connectivity index (χ3n) is 4.65. The number of nitrogens with zero attached hydrogens (tertiary/aromatic N) is 4. The number of nitriles is 1. The quantitative estimate of drug-likeness (QED) is 0.846. The van der Waals surface area contributed by atoms with Crippen LogP contribution in [0.4, 0.5) is 17.5 Å². The molecule has 0 spiro atoms. The van der Waals surface area contributed by atoms with Crippen molar-refractivity contribution in [1.29, 1.82) is 5.26 Å². The predicted octanol–water partition coefficient (Wildman–Crippen LogP) is 4.42. The standard InChI is InChI=1S/C20H25N5/c1-3-4-9-18-13-19(25-11-6-7-15(25)2)24-20(23-18)22-17-10-5-8-16(12-17)14-21/h5,8,10,12-13,15H,3-4,6-7,9,11H2,1-2H3,(H,22,23,24)/t15-/m1/s1. The fourth-order valence-corrected chi connectivity index (χ4v) is 3.24. The van der Waals surface area contributed by atoms with Gasteiger partial charge in [0.05, 0.1) is 11.6 Å². The van der Waals surface area contributed by atoms with Crippen molar-refractivity contribution in [3.05, 3.63) is 41.6 Å². The van der Waals surface area contributed by atoms with Gasteiger partial charge < -0.3 is 10.2 Å². The Bertz CT molecular complexity index is 765. The van der Waals surface area contributed by atoms with Crippen LogP contribution in [0.3, 0.4) is 0 Å². The van der Waals surface area contributed by atoms with E-state index in [1.165, 1.54) is 12.8 Å². The van der Waals surface area contributed by atoms with Gasteiger partial charge in [0.2, 0.25) is 5.95 Å². The molecule has 1 aromatic heterocycles. The van der Waals surface area contributed by atoms with Crippen molar-refractivity contribution < 1.29 is 0 Å². The van der Waals surface area contributed by atoms with Crippen LogP contribution in [0.15, 0.2) is 30.3 Å². The van der Waals surface area contributed by atoms with Gasteiger partial charge in [-0.3, -0.25) is 0 Å². The van der Waals surface area contributed by atoms with Gasteiger partial charge in [0, 0.05) is 30.0 Å². The summed E-state index contributed by atoms with van der Waals surface area (Å²) in [5.74, 6) is 1.61. The molecule has 0 saturated carbocycles. The second-order valence-corrected chi connectivity index (χ2v) is 6.65. The third kappa shape index (κ3) is 4.27. The van der Waals surface area contributed by atoms with Gasteiger partial charge in [-0.25, -0.2) is 4.98 Å². The molecule has 1 aliphatic rings. The summed E-state index contributed by atoms with van der Waals surface area (Å²) in [4.78, 5) is 11.8. The normalized spacial score (nSPS) is 16.7. The summed E-state index contributed by atoms with van der Waals surface area (Å²) >= 11 is 0. The summed E-state index contributed by atoms with van der Waals surface area (Å²) in [6.45, 7) is 5.50. The summed E-state index contributed by atoms with van der Waals surface area (Å²) < 4.78 is 0. The van der Waals surface area contributed by atoms with E-state index in [2.05, 4.69) is 41.2 Å². The van der Waals surface area contributed by atoms with Crippen molar-refractivity contribution in [2.45, 2.75) is 52.0 Å². The SMILES string of the molecule is CCCCc1cc(N2CCC[C@H]2C)nc(Nc2cccc(C#N)c2)n1. The molecule has 5 nitrogen and oxygen atoms in total. The molecule has 1 aromatic carbocycles. The van der Waals surface area contributed by atoms with Crippen molar-refractivity contribution >= 4 is 17.5 Å². The lowest BCUT2D eigenvalue weighted by molar-refractivity contribution is 0.722. The Labute approximate surface area is 149 Å². The van der Waals surface area contributed by atoms with Gasteiger partial charge in [-0.2, -0.15) is 10.2 Å². The third-order valence-corrected chi connectivity index (χ3v) is 4.65. The first-order valence-corrected chi connectivity index (χ1v) is 9.11. The number of hydrogen-bond acceptors (Lipinski definition) is 5. The summed E-state index contributed by atoms with van der Waals surface area (Å²) in [5.41, 5.74) is 2.54. The van der Waals surface area contributed by atoms with Crippen LogP contribution in [0.1, 0.15) is 50.8 Å². The highest BCUT2D eigenvalue weighted by atomic mass is 15.3. The van der Waals surface area contributed by atoms with Crippen molar-refractivity contribution in [3.8, 4) is 6.07 Å². The monoisotopic (exact) mass is 335 g/mol. The van der Waals surface area contributed by atoms with E-state index in [1.807, 2.05) is 18.2 Å². The lowest BCUT2D eigenvalue weighted by Gasteiger charge is -2.23. The van der Waals surface area contributed by atoms with Gasteiger partial charge in [-0.15, -0.1) is 0 Å². The Hall–Kier alpha value is -2.61. The van der Waals surface area contributed by atoms with Crippen LogP contribution in [0.25, 0.3) is 0 Å². The number of benzene rings is 1. The Morgan fingerprint density at radius 3 is 2.92 bits per heavy atom. The van der Waals surface area contributed by atoms with Crippen LogP contribution in [0.5, 0.6) is 0 Å². The fourth-order valence-electron chi connectivity index (χ4n) is 3.24. The lowest BCUT2D eigenvalue weighted by atomic mass is 10.2. The van der Waals surface area contributed by atoms with Crippen LogP contribution < -0.4 is 10.2 Å². The highest BCUT2D eigenvalue weighted by Crippen LogP contribution is 2.26. The zero-order chi connectivity index (χ0) is 17.6. The number of unbranched alkanes of at least 4 members (excludes halogenated alkanes) is 1.